The Hall–Kier alpha value is -2.68. The van der Waals surface area contributed by atoms with E-state index in [-0.39, 0.29) is 5.91 Å². The molecule has 1 saturated heterocycles. The van der Waals surface area contributed by atoms with E-state index in [9.17, 15) is 4.79 Å². The number of nitrogens with zero attached hydrogens (tertiary/aromatic N) is 2. The zero-order valence-electron chi connectivity index (χ0n) is 13.6. The number of rotatable bonds is 2. The Kier molecular flexibility index (Phi) is 3.99. The van der Waals surface area contributed by atoms with Crippen molar-refractivity contribution in [3.63, 3.8) is 0 Å². The van der Waals surface area contributed by atoms with Crippen LogP contribution in [0.2, 0.25) is 0 Å². The number of hydrogen-bond acceptors (Lipinski definition) is 2. The van der Waals surface area contributed by atoms with E-state index in [1.807, 2.05) is 65.6 Å². The number of hydrogen-bond donors (Lipinski definition) is 0. The average molecular weight is 316 g/mol. The first-order valence-electron chi connectivity index (χ1n) is 8.59. The molecular formula is C21H20N2O. The van der Waals surface area contributed by atoms with Gasteiger partial charge in [-0.1, -0.05) is 67.1 Å². The van der Waals surface area contributed by atoms with Crippen LogP contribution in [0.5, 0.6) is 0 Å². The molecule has 4 rings (SSSR count). The lowest BCUT2D eigenvalue weighted by Gasteiger charge is -2.15. The molecule has 2 heterocycles. The molecule has 0 aromatic heterocycles. The maximum atomic E-state index is 13.0. The van der Waals surface area contributed by atoms with E-state index < -0.39 is 0 Å². The van der Waals surface area contributed by atoms with Crippen LogP contribution in [0.1, 0.15) is 36.8 Å². The Morgan fingerprint density at radius 1 is 0.833 bits per heavy atom. The van der Waals surface area contributed by atoms with Crippen LogP contribution in [-0.4, -0.2) is 23.2 Å². The molecule has 0 N–H and O–H groups in total. The average Bonchev–Trinajstić information content (AvgIpc) is 2.80. The summed E-state index contributed by atoms with van der Waals surface area (Å²) >= 11 is 0. The second-order valence-electron chi connectivity index (χ2n) is 6.25. The number of amidine groups is 1. The Morgan fingerprint density at radius 3 is 2.08 bits per heavy atom. The summed E-state index contributed by atoms with van der Waals surface area (Å²) in [5.74, 6) is 0.992. The highest BCUT2D eigenvalue weighted by Gasteiger charge is 2.33. The summed E-state index contributed by atoms with van der Waals surface area (Å²) in [4.78, 5) is 19.7. The fourth-order valence-corrected chi connectivity index (χ4v) is 3.45. The van der Waals surface area contributed by atoms with Crippen LogP contribution in [-0.2, 0) is 4.79 Å². The zero-order valence-corrected chi connectivity index (χ0v) is 13.6. The molecule has 0 unspecified atom stereocenters. The van der Waals surface area contributed by atoms with E-state index in [1.54, 1.807) is 0 Å². The zero-order chi connectivity index (χ0) is 16.4. The van der Waals surface area contributed by atoms with Crippen LogP contribution in [0, 0.1) is 0 Å². The highest BCUT2D eigenvalue weighted by Crippen LogP contribution is 2.32. The van der Waals surface area contributed by atoms with Gasteiger partial charge in [0.25, 0.3) is 5.91 Å². The van der Waals surface area contributed by atoms with Crippen molar-refractivity contribution in [2.24, 2.45) is 4.99 Å². The van der Waals surface area contributed by atoms with E-state index in [4.69, 9.17) is 4.99 Å². The molecule has 2 aromatic rings. The molecule has 0 aliphatic carbocycles. The lowest BCUT2D eigenvalue weighted by atomic mass is 9.95. The second kappa shape index (κ2) is 6.44. The molecule has 0 saturated carbocycles. The van der Waals surface area contributed by atoms with E-state index >= 15 is 0 Å². The van der Waals surface area contributed by atoms with Gasteiger partial charge in [-0.05, 0) is 24.0 Å². The number of carbonyl (C=O) groups is 1. The Balaban J connectivity index is 1.90. The molecular weight excluding hydrogens is 296 g/mol. The monoisotopic (exact) mass is 316 g/mol. The summed E-state index contributed by atoms with van der Waals surface area (Å²) in [6.45, 7) is 0.790. The van der Waals surface area contributed by atoms with E-state index in [0.717, 1.165) is 48.3 Å². The number of benzene rings is 2. The van der Waals surface area contributed by atoms with Crippen LogP contribution in [0.15, 0.2) is 71.4 Å². The van der Waals surface area contributed by atoms with Gasteiger partial charge in [-0.15, -0.1) is 0 Å². The summed E-state index contributed by atoms with van der Waals surface area (Å²) in [6.07, 6.45) is 4.24. The SMILES string of the molecule is O=C1C(=C(c2ccccc2)c2ccccc2)N=C2CCCCCN12. The topological polar surface area (TPSA) is 32.7 Å². The van der Waals surface area contributed by atoms with Crippen molar-refractivity contribution < 1.29 is 4.79 Å². The van der Waals surface area contributed by atoms with Crippen molar-refractivity contribution in [2.45, 2.75) is 25.7 Å². The number of amides is 1. The summed E-state index contributed by atoms with van der Waals surface area (Å²) in [5.41, 5.74) is 3.59. The maximum Gasteiger partial charge on any atom is 0.278 e. The van der Waals surface area contributed by atoms with Crippen molar-refractivity contribution in [3.05, 3.63) is 77.5 Å². The van der Waals surface area contributed by atoms with Gasteiger partial charge < -0.3 is 0 Å². The summed E-state index contributed by atoms with van der Waals surface area (Å²) in [5, 5.41) is 0. The fourth-order valence-electron chi connectivity index (χ4n) is 3.45. The molecule has 2 aliphatic rings. The lowest BCUT2D eigenvalue weighted by molar-refractivity contribution is -0.122. The van der Waals surface area contributed by atoms with E-state index in [0.29, 0.717) is 5.70 Å². The van der Waals surface area contributed by atoms with Gasteiger partial charge in [0.1, 0.15) is 11.5 Å². The van der Waals surface area contributed by atoms with Gasteiger partial charge in [0.15, 0.2) is 0 Å². The quantitative estimate of drug-likeness (QED) is 0.762. The number of fused-ring (bicyclic) bond motifs is 1. The number of carbonyl (C=O) groups excluding carboxylic acids is 1. The molecule has 24 heavy (non-hydrogen) atoms. The predicted molar refractivity (Wildman–Crippen MR) is 96.5 cm³/mol. The molecule has 3 heteroatoms. The van der Waals surface area contributed by atoms with Gasteiger partial charge >= 0.3 is 0 Å². The molecule has 0 atom stereocenters. The Labute approximate surface area is 142 Å². The summed E-state index contributed by atoms with van der Waals surface area (Å²) in [6, 6.07) is 20.2. The minimum atomic E-state index is 0.0506. The van der Waals surface area contributed by atoms with Crippen LogP contribution < -0.4 is 0 Å². The lowest BCUT2D eigenvalue weighted by Crippen LogP contribution is -2.31. The Morgan fingerprint density at radius 2 is 1.46 bits per heavy atom. The van der Waals surface area contributed by atoms with Crippen LogP contribution >= 0.6 is 0 Å². The molecule has 3 nitrogen and oxygen atoms in total. The van der Waals surface area contributed by atoms with Gasteiger partial charge in [-0.3, -0.25) is 9.69 Å². The molecule has 2 aromatic carbocycles. The normalized spacial score (nSPS) is 17.3. The Bertz CT molecular complexity index is 765. The van der Waals surface area contributed by atoms with Crippen molar-refractivity contribution in [2.75, 3.05) is 6.54 Å². The molecule has 2 aliphatic heterocycles. The second-order valence-corrected chi connectivity index (χ2v) is 6.25. The van der Waals surface area contributed by atoms with Crippen molar-refractivity contribution >= 4 is 17.3 Å². The first-order chi connectivity index (χ1) is 11.8. The molecule has 1 amide bonds. The van der Waals surface area contributed by atoms with E-state index in [1.165, 1.54) is 6.42 Å². The summed E-state index contributed by atoms with van der Waals surface area (Å²) in [7, 11) is 0. The van der Waals surface area contributed by atoms with Gasteiger partial charge in [-0.2, -0.15) is 0 Å². The van der Waals surface area contributed by atoms with Crippen molar-refractivity contribution in [3.8, 4) is 0 Å². The molecule has 1 fully saturated rings. The molecule has 120 valence electrons. The van der Waals surface area contributed by atoms with Gasteiger partial charge in [0, 0.05) is 18.5 Å². The van der Waals surface area contributed by atoms with Crippen LogP contribution in [0.3, 0.4) is 0 Å². The first-order valence-corrected chi connectivity index (χ1v) is 8.59. The molecule has 0 spiro atoms. The maximum absolute atomic E-state index is 13.0. The third kappa shape index (κ3) is 2.67. The highest BCUT2D eigenvalue weighted by molar-refractivity contribution is 6.17. The smallest absolute Gasteiger partial charge is 0.278 e. The summed E-state index contributed by atoms with van der Waals surface area (Å²) < 4.78 is 0. The highest BCUT2D eigenvalue weighted by atomic mass is 16.2. The largest absolute Gasteiger partial charge is 0.295 e. The van der Waals surface area contributed by atoms with Crippen molar-refractivity contribution in [1.82, 2.24) is 4.90 Å². The minimum Gasteiger partial charge on any atom is -0.295 e. The molecule has 0 radical (unpaired) electrons. The van der Waals surface area contributed by atoms with Gasteiger partial charge in [0.2, 0.25) is 0 Å². The first kappa shape index (κ1) is 14.9. The van der Waals surface area contributed by atoms with Gasteiger partial charge in [-0.25, -0.2) is 4.99 Å². The standard InChI is InChI=1S/C21H20N2O/c24-21-20(22-18-14-8-3-9-15-23(18)21)19(16-10-4-1-5-11-16)17-12-6-2-7-13-17/h1-2,4-7,10-13H,3,8-9,14-15H2. The van der Waals surface area contributed by atoms with Crippen molar-refractivity contribution in [1.29, 1.82) is 0 Å². The fraction of sp³-hybridized carbons (Fsp3) is 0.238. The predicted octanol–water partition coefficient (Wildman–Crippen LogP) is 4.26. The van der Waals surface area contributed by atoms with Crippen LogP contribution in [0.4, 0.5) is 0 Å². The van der Waals surface area contributed by atoms with Gasteiger partial charge in [0.05, 0.1) is 0 Å². The van der Waals surface area contributed by atoms with Crippen LogP contribution in [0.25, 0.3) is 5.57 Å². The van der Waals surface area contributed by atoms with E-state index in [2.05, 4.69) is 0 Å². The third-order valence-electron chi connectivity index (χ3n) is 4.64. The third-order valence-corrected chi connectivity index (χ3v) is 4.64. The minimum absolute atomic E-state index is 0.0506. The molecule has 0 bridgehead atoms. The number of aliphatic imine (C=N–C) groups is 1.